The zero-order chi connectivity index (χ0) is 10.2. The first kappa shape index (κ1) is 11.0. The molecule has 0 atom stereocenters. The summed E-state index contributed by atoms with van der Waals surface area (Å²) in [4.78, 5) is 7.51. The van der Waals surface area contributed by atoms with E-state index >= 15 is 0 Å². The second kappa shape index (κ2) is 6.35. The highest BCUT2D eigenvalue weighted by molar-refractivity contribution is 6.33. The molecule has 0 aromatic carbocycles. The quantitative estimate of drug-likeness (QED) is 0.644. The molecular formula is C10H8Cl2N2. The summed E-state index contributed by atoms with van der Waals surface area (Å²) in [6.45, 7) is 0. The molecule has 4 heteroatoms. The molecule has 0 saturated carbocycles. The minimum atomic E-state index is 0.428. The van der Waals surface area contributed by atoms with Crippen LogP contribution in [0.1, 0.15) is 0 Å². The smallest absolute Gasteiger partial charge is 0.130 e. The molecule has 0 radical (unpaired) electrons. The summed E-state index contributed by atoms with van der Waals surface area (Å²) in [5.41, 5.74) is 0. The molecule has 0 aliphatic heterocycles. The normalized spacial score (nSPS) is 8.71. The molecule has 14 heavy (non-hydrogen) atoms. The van der Waals surface area contributed by atoms with Gasteiger partial charge in [-0.2, -0.15) is 0 Å². The average molecular weight is 227 g/mol. The lowest BCUT2D eigenvalue weighted by Crippen LogP contribution is -1.69. The summed E-state index contributed by atoms with van der Waals surface area (Å²) >= 11 is 11.0. The topological polar surface area (TPSA) is 25.8 Å². The lowest BCUT2D eigenvalue weighted by atomic mass is 10.5. The Balaban J connectivity index is 0.000000146. The van der Waals surface area contributed by atoms with Crippen LogP contribution in [0.3, 0.4) is 0 Å². The van der Waals surface area contributed by atoms with Crippen LogP contribution in [0.5, 0.6) is 0 Å². The van der Waals surface area contributed by atoms with Gasteiger partial charge in [-0.05, 0) is 24.3 Å². The molecule has 0 unspecified atom stereocenters. The summed E-state index contributed by atoms with van der Waals surface area (Å²) in [6.07, 6.45) is 5.06. The van der Waals surface area contributed by atoms with E-state index in [4.69, 9.17) is 23.2 Å². The molecule has 2 heterocycles. The number of hydrogen-bond acceptors (Lipinski definition) is 2. The molecule has 2 aromatic heterocycles. The van der Waals surface area contributed by atoms with Crippen LogP contribution in [0.2, 0.25) is 10.2 Å². The lowest BCUT2D eigenvalue weighted by molar-refractivity contribution is 1.33. The van der Waals surface area contributed by atoms with E-state index in [1.807, 2.05) is 18.2 Å². The van der Waals surface area contributed by atoms with E-state index < -0.39 is 0 Å². The first-order chi connectivity index (χ1) is 6.79. The molecule has 0 saturated heterocycles. The van der Waals surface area contributed by atoms with Gasteiger partial charge in [0, 0.05) is 23.6 Å². The van der Waals surface area contributed by atoms with Crippen molar-refractivity contribution in [2.75, 3.05) is 0 Å². The fraction of sp³-hybridized carbons (Fsp3) is 0. The number of hydrogen-bond donors (Lipinski definition) is 0. The molecule has 0 amide bonds. The third kappa shape index (κ3) is 4.80. The van der Waals surface area contributed by atoms with Gasteiger partial charge in [-0.1, -0.05) is 29.3 Å². The Kier molecular flexibility index (Phi) is 4.97. The van der Waals surface area contributed by atoms with Gasteiger partial charge in [0.25, 0.3) is 0 Å². The summed E-state index contributed by atoms with van der Waals surface area (Å²) in [6, 6.07) is 8.98. The van der Waals surface area contributed by atoms with Gasteiger partial charge in [-0.25, -0.2) is 4.98 Å². The van der Waals surface area contributed by atoms with Crippen LogP contribution in [0, 0.1) is 0 Å². The van der Waals surface area contributed by atoms with Gasteiger partial charge in [0.1, 0.15) is 5.15 Å². The Morgan fingerprint density at radius 1 is 0.929 bits per heavy atom. The highest BCUT2D eigenvalue weighted by Gasteiger charge is 1.86. The maximum atomic E-state index is 5.52. The fourth-order valence-electron chi connectivity index (χ4n) is 0.691. The predicted octanol–water partition coefficient (Wildman–Crippen LogP) is 3.47. The summed E-state index contributed by atoms with van der Waals surface area (Å²) in [7, 11) is 0. The van der Waals surface area contributed by atoms with Gasteiger partial charge in [-0.15, -0.1) is 0 Å². The van der Waals surface area contributed by atoms with Crippen molar-refractivity contribution >= 4 is 23.2 Å². The van der Waals surface area contributed by atoms with Crippen LogP contribution in [0.15, 0.2) is 48.9 Å². The van der Waals surface area contributed by atoms with Crippen molar-refractivity contribution in [2.24, 2.45) is 0 Å². The highest BCUT2D eigenvalue weighted by Crippen LogP contribution is 2.10. The largest absolute Gasteiger partial charge is 0.265 e. The van der Waals surface area contributed by atoms with E-state index in [9.17, 15) is 0 Å². The molecule has 0 N–H and O–H groups in total. The van der Waals surface area contributed by atoms with Gasteiger partial charge in [-0.3, -0.25) is 4.98 Å². The molecule has 0 bridgehead atoms. The fourth-order valence-corrected chi connectivity index (χ4v) is 1.08. The zero-order valence-corrected chi connectivity index (χ0v) is 8.78. The first-order valence-electron chi connectivity index (χ1n) is 3.91. The van der Waals surface area contributed by atoms with Gasteiger partial charge in [0.15, 0.2) is 0 Å². The molecule has 2 aromatic rings. The van der Waals surface area contributed by atoms with Gasteiger partial charge in [0.2, 0.25) is 0 Å². The van der Waals surface area contributed by atoms with E-state index in [-0.39, 0.29) is 0 Å². The van der Waals surface area contributed by atoms with Crippen LogP contribution < -0.4 is 0 Å². The Hall–Kier alpha value is -1.12. The minimum Gasteiger partial charge on any atom is -0.265 e. The maximum Gasteiger partial charge on any atom is 0.130 e. The predicted molar refractivity (Wildman–Crippen MR) is 58.5 cm³/mol. The van der Waals surface area contributed by atoms with Crippen molar-refractivity contribution in [3.63, 3.8) is 0 Å². The van der Waals surface area contributed by atoms with Crippen LogP contribution in [-0.2, 0) is 0 Å². The van der Waals surface area contributed by atoms with E-state index in [1.54, 1.807) is 30.7 Å². The van der Waals surface area contributed by atoms with Crippen molar-refractivity contribution in [1.82, 2.24) is 9.97 Å². The van der Waals surface area contributed by atoms with Gasteiger partial charge >= 0.3 is 0 Å². The Bertz CT molecular complexity index is 322. The summed E-state index contributed by atoms with van der Waals surface area (Å²) in [5, 5.41) is 1.04. The van der Waals surface area contributed by atoms with E-state index in [2.05, 4.69) is 9.97 Å². The van der Waals surface area contributed by atoms with E-state index in [0.29, 0.717) is 10.2 Å². The average Bonchev–Trinajstić information content (AvgIpc) is 2.21. The molecule has 0 aliphatic carbocycles. The first-order valence-corrected chi connectivity index (χ1v) is 4.66. The van der Waals surface area contributed by atoms with Crippen molar-refractivity contribution < 1.29 is 0 Å². The monoisotopic (exact) mass is 226 g/mol. The SMILES string of the molecule is Clc1ccnc(Cl)c1.c1ccncc1. The van der Waals surface area contributed by atoms with Crippen molar-refractivity contribution in [3.8, 4) is 0 Å². The van der Waals surface area contributed by atoms with Crippen LogP contribution >= 0.6 is 23.2 Å². The number of rotatable bonds is 0. The maximum absolute atomic E-state index is 5.52. The molecule has 2 rings (SSSR count). The molecule has 0 fully saturated rings. The molecule has 0 aliphatic rings. The van der Waals surface area contributed by atoms with Crippen LogP contribution in [0.25, 0.3) is 0 Å². The second-order valence-electron chi connectivity index (χ2n) is 2.32. The van der Waals surface area contributed by atoms with Gasteiger partial charge < -0.3 is 0 Å². The van der Waals surface area contributed by atoms with Crippen molar-refractivity contribution in [3.05, 3.63) is 59.1 Å². The minimum absolute atomic E-state index is 0.428. The van der Waals surface area contributed by atoms with E-state index in [1.165, 1.54) is 0 Å². The second-order valence-corrected chi connectivity index (χ2v) is 3.15. The Labute approximate surface area is 92.5 Å². The lowest BCUT2D eigenvalue weighted by Gasteiger charge is -1.85. The van der Waals surface area contributed by atoms with Crippen molar-refractivity contribution in [2.45, 2.75) is 0 Å². The molecule has 0 spiro atoms. The molecule has 72 valence electrons. The highest BCUT2D eigenvalue weighted by atomic mass is 35.5. The number of pyridine rings is 2. The molecular weight excluding hydrogens is 219 g/mol. The van der Waals surface area contributed by atoms with Gasteiger partial charge in [0.05, 0.1) is 0 Å². The summed E-state index contributed by atoms with van der Waals surface area (Å²) < 4.78 is 0. The third-order valence-corrected chi connectivity index (χ3v) is 1.70. The van der Waals surface area contributed by atoms with Crippen LogP contribution in [0.4, 0.5) is 0 Å². The standard InChI is InChI=1S/C5H3Cl2N.C5H5N/c6-4-1-2-8-5(7)3-4;1-2-4-6-5-3-1/h1-3H;1-5H. The van der Waals surface area contributed by atoms with Crippen molar-refractivity contribution in [1.29, 1.82) is 0 Å². The summed E-state index contributed by atoms with van der Waals surface area (Å²) in [5.74, 6) is 0. The Morgan fingerprint density at radius 2 is 1.64 bits per heavy atom. The number of halogens is 2. The van der Waals surface area contributed by atoms with Crippen LogP contribution in [-0.4, -0.2) is 9.97 Å². The third-order valence-electron chi connectivity index (χ3n) is 1.26. The zero-order valence-electron chi connectivity index (χ0n) is 7.27. The number of nitrogens with zero attached hydrogens (tertiary/aromatic N) is 2. The Morgan fingerprint density at radius 3 is 1.93 bits per heavy atom. The molecule has 2 nitrogen and oxygen atoms in total. The van der Waals surface area contributed by atoms with E-state index in [0.717, 1.165) is 0 Å². The number of aromatic nitrogens is 2.